The number of fused-ring (bicyclic) bond motifs is 5. The van der Waals surface area contributed by atoms with Gasteiger partial charge in [0, 0.05) is 43.2 Å². The third-order valence-electron chi connectivity index (χ3n) is 14.4. The van der Waals surface area contributed by atoms with Gasteiger partial charge >= 0.3 is 24.0 Å². The number of ketones is 1. The van der Waals surface area contributed by atoms with Crippen LogP contribution in [0.15, 0.2) is 71.8 Å². The molecule has 2 bridgehead atoms. The molecule has 2 aliphatic heterocycles. The monoisotopic (exact) mass is 888 g/mol. The van der Waals surface area contributed by atoms with E-state index in [2.05, 4.69) is 10.2 Å². The molecule has 348 valence electrons. The van der Waals surface area contributed by atoms with Crippen molar-refractivity contribution in [2.24, 2.45) is 22.7 Å². The summed E-state index contributed by atoms with van der Waals surface area (Å²) in [6.07, 6.45) is -5.63. The molecule has 0 unspecified atom stereocenters. The third-order valence-corrected chi connectivity index (χ3v) is 14.4. The average Bonchev–Trinajstić information content (AvgIpc) is 3.23. The second-order valence-corrected chi connectivity index (χ2v) is 19.9. The van der Waals surface area contributed by atoms with Crippen LogP contribution in [-0.2, 0) is 42.8 Å². The van der Waals surface area contributed by atoms with Gasteiger partial charge in [-0.1, -0.05) is 69.3 Å². The molecule has 15 heteroatoms. The first-order chi connectivity index (χ1) is 30.1. The molecule has 10 atom stereocenters. The maximum absolute atomic E-state index is 16.0. The van der Waals surface area contributed by atoms with E-state index in [0.717, 1.165) is 0 Å². The highest BCUT2D eigenvalue weighted by molar-refractivity contribution is 5.92. The Balaban J connectivity index is 1.37. The Morgan fingerprint density at radius 1 is 0.969 bits per heavy atom. The largest absolute Gasteiger partial charge is 0.456 e. The van der Waals surface area contributed by atoms with Crippen LogP contribution in [0.3, 0.4) is 0 Å². The van der Waals surface area contributed by atoms with Gasteiger partial charge in [0.2, 0.25) is 0 Å². The Morgan fingerprint density at radius 3 is 2.20 bits per heavy atom. The predicted octanol–water partition coefficient (Wildman–Crippen LogP) is 5.27. The number of amides is 1. The van der Waals surface area contributed by atoms with Crippen LogP contribution in [0, 0.1) is 22.7 Å². The van der Waals surface area contributed by atoms with E-state index in [1.165, 1.54) is 6.92 Å². The highest BCUT2D eigenvalue weighted by atomic mass is 16.6. The van der Waals surface area contributed by atoms with Gasteiger partial charge in [-0.25, -0.2) is 14.4 Å². The summed E-state index contributed by atoms with van der Waals surface area (Å²) < 4.78 is 36.3. The highest BCUT2D eigenvalue weighted by Crippen LogP contribution is 2.65. The van der Waals surface area contributed by atoms with E-state index in [0.29, 0.717) is 62.4 Å². The van der Waals surface area contributed by atoms with Crippen LogP contribution in [0.1, 0.15) is 103 Å². The zero-order valence-corrected chi connectivity index (χ0v) is 38.2. The lowest BCUT2D eigenvalue weighted by Crippen LogP contribution is -2.79. The number of rotatable bonds is 11. The van der Waals surface area contributed by atoms with Crippen molar-refractivity contribution in [3.05, 3.63) is 82.9 Å². The summed E-state index contributed by atoms with van der Waals surface area (Å²) in [5.41, 5.74) is -5.49. The number of hydrogen-bond acceptors (Lipinski definition) is 14. The van der Waals surface area contributed by atoms with Gasteiger partial charge in [-0.3, -0.25) is 14.5 Å². The molecule has 2 saturated carbocycles. The third kappa shape index (κ3) is 8.73. The van der Waals surface area contributed by atoms with Crippen molar-refractivity contribution in [2.45, 2.75) is 128 Å². The second-order valence-electron chi connectivity index (χ2n) is 19.9. The second kappa shape index (κ2) is 18.0. The van der Waals surface area contributed by atoms with Gasteiger partial charge < -0.3 is 44.0 Å². The maximum Gasteiger partial charge on any atom is 0.408 e. The number of Topliss-reactive ketones (excluding diaryl/α,β-unsaturated/α-hetero) is 1. The van der Waals surface area contributed by atoms with Gasteiger partial charge in [0.15, 0.2) is 11.7 Å². The van der Waals surface area contributed by atoms with E-state index in [1.807, 2.05) is 20.8 Å². The van der Waals surface area contributed by atoms with Gasteiger partial charge in [0.1, 0.15) is 35.3 Å². The summed E-state index contributed by atoms with van der Waals surface area (Å²) in [6, 6.07) is 15.4. The molecule has 2 saturated heterocycles. The Kier molecular flexibility index (Phi) is 13.3. The number of ether oxygens (including phenoxy) is 6. The SMILES string of the molecule is CC(=O)O[C@@]12CO[C@@H]1CC[C@@]1(C)C(=O)[C@H](CCN3CCOCC3)C3=C(C)[C@@H](OC(=O)[C@H](O)[C@@H](NC(=O)OC(C)(C)C)c4ccccc4)C[C@@](O)([C@@H](OC(=O)c4ccccc4)[C@H]21)C3(C)C. The van der Waals surface area contributed by atoms with Crippen LogP contribution < -0.4 is 5.32 Å². The van der Waals surface area contributed by atoms with E-state index in [1.54, 1.807) is 88.4 Å². The molecule has 1 amide bonds. The molecule has 4 fully saturated rings. The topological polar surface area (TPSA) is 196 Å². The van der Waals surface area contributed by atoms with Crippen LogP contribution in [-0.4, -0.2) is 126 Å². The number of nitrogens with one attached hydrogen (secondary N) is 1. The molecule has 3 N–H and O–H groups in total. The first-order valence-electron chi connectivity index (χ1n) is 22.4. The average molecular weight is 889 g/mol. The number of morpholine rings is 1. The molecule has 0 radical (unpaired) electrons. The number of hydrogen-bond donors (Lipinski definition) is 3. The van der Waals surface area contributed by atoms with Gasteiger partial charge in [-0.2, -0.15) is 0 Å². The summed E-state index contributed by atoms with van der Waals surface area (Å²) in [5, 5.41) is 28.4. The summed E-state index contributed by atoms with van der Waals surface area (Å²) in [5.74, 6) is -4.64. The van der Waals surface area contributed by atoms with Crippen molar-refractivity contribution in [3.63, 3.8) is 0 Å². The zero-order valence-electron chi connectivity index (χ0n) is 38.2. The van der Waals surface area contributed by atoms with E-state index < -0.39 is 93.9 Å². The van der Waals surface area contributed by atoms with E-state index in [-0.39, 0.29) is 30.8 Å². The highest BCUT2D eigenvalue weighted by Gasteiger charge is 2.76. The minimum absolute atomic E-state index is 0.100. The molecule has 0 spiro atoms. The van der Waals surface area contributed by atoms with E-state index in [9.17, 15) is 29.4 Å². The van der Waals surface area contributed by atoms with Gasteiger partial charge in [0.05, 0.1) is 37.3 Å². The lowest BCUT2D eigenvalue weighted by Gasteiger charge is -2.67. The minimum Gasteiger partial charge on any atom is -0.456 e. The Hall–Kier alpha value is -4.67. The molecule has 2 aromatic carbocycles. The fourth-order valence-corrected chi connectivity index (χ4v) is 11.2. The van der Waals surface area contributed by atoms with Crippen molar-refractivity contribution < 1.29 is 62.6 Å². The molecular weight excluding hydrogens is 825 g/mol. The Bertz CT molecular complexity index is 2110. The quantitative estimate of drug-likeness (QED) is 0.150. The summed E-state index contributed by atoms with van der Waals surface area (Å²) in [6.45, 7) is 16.4. The summed E-state index contributed by atoms with van der Waals surface area (Å²) in [4.78, 5) is 73.3. The standard InChI is InChI=1S/C49H64N2O13/c1-29-34(61-43(56)38(53)37(31-15-11-9-12-16-31)50-44(57)64-45(3,4)5)27-49(58)41(62-42(55)32-17-13-10-14-18-32)39-47(8,21-19-35-48(39,28-60-35)63-30(2)52)40(54)33(36(29)46(49,6)7)20-22-51-23-25-59-26-24-51/h9-18,33-35,37-39,41,53,58H,19-28H2,1-8H3,(H,50,57)/t33-,34+,35-,37+,38-,39+,41+,47-,48+,49-/m1/s1. The first-order valence-corrected chi connectivity index (χ1v) is 22.4. The fourth-order valence-electron chi connectivity index (χ4n) is 11.2. The Labute approximate surface area is 375 Å². The molecule has 0 aromatic heterocycles. The minimum atomic E-state index is -2.11. The van der Waals surface area contributed by atoms with Gasteiger partial charge in [-0.05, 0) is 82.3 Å². The lowest BCUT2D eigenvalue weighted by atomic mass is 9.44. The van der Waals surface area contributed by atoms with Crippen molar-refractivity contribution >= 4 is 29.8 Å². The number of carbonyl (C=O) groups excluding carboxylic acids is 5. The normalized spacial score (nSPS) is 32.2. The van der Waals surface area contributed by atoms with Gasteiger partial charge in [0.25, 0.3) is 0 Å². The van der Waals surface area contributed by atoms with Gasteiger partial charge in [-0.15, -0.1) is 0 Å². The van der Waals surface area contributed by atoms with Crippen LogP contribution in [0.5, 0.6) is 0 Å². The number of carbonyl (C=O) groups is 5. The number of alkyl carbamates (subject to hydrolysis) is 1. The predicted molar refractivity (Wildman–Crippen MR) is 232 cm³/mol. The molecular formula is C49H64N2O13. The number of nitrogens with zero attached hydrogens (tertiary/aromatic N) is 1. The molecule has 7 rings (SSSR count). The van der Waals surface area contributed by atoms with Crippen LogP contribution in [0.4, 0.5) is 4.79 Å². The number of esters is 3. The fraction of sp³-hybridized carbons (Fsp3) is 0.612. The molecule has 64 heavy (non-hydrogen) atoms. The zero-order chi connectivity index (χ0) is 46.4. The Morgan fingerprint density at radius 2 is 1.61 bits per heavy atom. The number of aliphatic hydroxyl groups is 2. The summed E-state index contributed by atoms with van der Waals surface area (Å²) in [7, 11) is 0. The lowest BCUT2D eigenvalue weighted by molar-refractivity contribution is -0.332. The molecule has 2 aromatic rings. The van der Waals surface area contributed by atoms with E-state index >= 15 is 4.79 Å². The van der Waals surface area contributed by atoms with E-state index in [4.69, 9.17) is 28.4 Å². The van der Waals surface area contributed by atoms with Crippen LogP contribution >= 0.6 is 0 Å². The molecule has 15 nitrogen and oxygen atoms in total. The van der Waals surface area contributed by atoms with Crippen LogP contribution in [0.25, 0.3) is 0 Å². The smallest absolute Gasteiger partial charge is 0.408 e. The van der Waals surface area contributed by atoms with Crippen LogP contribution in [0.2, 0.25) is 0 Å². The van der Waals surface area contributed by atoms with Crippen molar-refractivity contribution in [1.29, 1.82) is 0 Å². The summed E-state index contributed by atoms with van der Waals surface area (Å²) >= 11 is 0. The van der Waals surface area contributed by atoms with Crippen molar-refractivity contribution in [1.82, 2.24) is 10.2 Å². The molecule has 2 heterocycles. The number of aliphatic hydroxyl groups excluding tert-OH is 1. The van der Waals surface area contributed by atoms with Crippen molar-refractivity contribution in [2.75, 3.05) is 39.5 Å². The van der Waals surface area contributed by atoms with Crippen molar-refractivity contribution in [3.8, 4) is 0 Å². The molecule has 5 aliphatic rings. The first kappa shape index (κ1) is 47.3. The molecule has 3 aliphatic carbocycles. The maximum atomic E-state index is 16.0. The number of benzene rings is 2.